The van der Waals surface area contributed by atoms with E-state index in [4.69, 9.17) is 0 Å². The summed E-state index contributed by atoms with van der Waals surface area (Å²) >= 11 is 0. The molecule has 1 saturated heterocycles. The van der Waals surface area contributed by atoms with Crippen LogP contribution >= 0.6 is 0 Å². The molecule has 2 aromatic rings. The van der Waals surface area contributed by atoms with Crippen LogP contribution in [0.4, 0.5) is 0 Å². The van der Waals surface area contributed by atoms with Crippen LogP contribution in [0.15, 0.2) is 28.9 Å². The number of rotatable bonds is 7. The minimum absolute atomic E-state index is 0.0151. The van der Waals surface area contributed by atoms with E-state index >= 15 is 0 Å². The Balaban J connectivity index is 1.48. The maximum Gasteiger partial charge on any atom is 0.226 e. The van der Waals surface area contributed by atoms with Gasteiger partial charge in [0, 0.05) is 19.1 Å². The number of hydrogen-bond acceptors (Lipinski definition) is 5. The number of nitrogens with one attached hydrogen (secondary N) is 1. The summed E-state index contributed by atoms with van der Waals surface area (Å²) in [5.41, 5.74) is 4.02. The molecule has 1 aliphatic heterocycles. The van der Waals surface area contributed by atoms with Gasteiger partial charge in [-0.3, -0.25) is 9.69 Å². The van der Waals surface area contributed by atoms with Gasteiger partial charge in [0.05, 0.1) is 6.42 Å². The second-order valence-electron chi connectivity index (χ2n) is 8.03. The highest BCUT2D eigenvalue weighted by Crippen LogP contribution is 2.16. The molecular weight excluding hydrogens is 340 g/mol. The SMILES string of the molecule is Cc1nonc1CC(=O)N[C@H]1CCCN(Cc2ccc(CC(C)C)cc2)C1. The molecule has 1 amide bonds. The number of aromatic nitrogens is 2. The smallest absolute Gasteiger partial charge is 0.226 e. The first kappa shape index (κ1) is 19.5. The van der Waals surface area contributed by atoms with Gasteiger partial charge < -0.3 is 5.32 Å². The highest BCUT2D eigenvalue weighted by Gasteiger charge is 2.22. The maximum atomic E-state index is 12.3. The van der Waals surface area contributed by atoms with E-state index in [9.17, 15) is 4.79 Å². The fourth-order valence-electron chi connectivity index (χ4n) is 3.67. The first-order valence-corrected chi connectivity index (χ1v) is 9.87. The molecule has 1 aromatic heterocycles. The van der Waals surface area contributed by atoms with Crippen molar-refractivity contribution in [2.75, 3.05) is 13.1 Å². The molecule has 1 aromatic carbocycles. The first-order chi connectivity index (χ1) is 13.0. The average molecular weight is 370 g/mol. The highest BCUT2D eigenvalue weighted by atomic mass is 16.6. The van der Waals surface area contributed by atoms with Crippen LogP contribution in [-0.4, -0.2) is 40.3 Å². The van der Waals surface area contributed by atoms with E-state index in [0.29, 0.717) is 17.3 Å². The minimum Gasteiger partial charge on any atom is -0.352 e. The first-order valence-electron chi connectivity index (χ1n) is 9.87. The second-order valence-corrected chi connectivity index (χ2v) is 8.03. The van der Waals surface area contributed by atoms with Gasteiger partial charge in [0.2, 0.25) is 5.91 Å². The molecule has 1 fully saturated rings. The summed E-state index contributed by atoms with van der Waals surface area (Å²) in [6.07, 6.45) is 3.47. The number of piperidine rings is 1. The van der Waals surface area contributed by atoms with Crippen LogP contribution < -0.4 is 5.32 Å². The van der Waals surface area contributed by atoms with Crippen molar-refractivity contribution in [3.8, 4) is 0 Å². The van der Waals surface area contributed by atoms with Crippen molar-refractivity contribution in [2.45, 2.75) is 59.0 Å². The summed E-state index contributed by atoms with van der Waals surface area (Å²) in [6.45, 7) is 9.18. The van der Waals surface area contributed by atoms with Gasteiger partial charge in [-0.05, 0) is 49.8 Å². The van der Waals surface area contributed by atoms with Crippen molar-refractivity contribution >= 4 is 5.91 Å². The Morgan fingerprint density at radius 3 is 2.67 bits per heavy atom. The van der Waals surface area contributed by atoms with Crippen LogP contribution in [0.5, 0.6) is 0 Å². The zero-order valence-electron chi connectivity index (χ0n) is 16.6. The Morgan fingerprint density at radius 2 is 2.00 bits per heavy atom. The van der Waals surface area contributed by atoms with Crippen LogP contribution in [-0.2, 0) is 24.2 Å². The summed E-state index contributed by atoms with van der Waals surface area (Å²) < 4.78 is 4.66. The molecule has 146 valence electrons. The fourth-order valence-corrected chi connectivity index (χ4v) is 3.67. The van der Waals surface area contributed by atoms with Crippen LogP contribution in [0, 0.1) is 12.8 Å². The summed E-state index contributed by atoms with van der Waals surface area (Å²) in [5.74, 6) is 0.665. The van der Waals surface area contributed by atoms with Gasteiger partial charge in [-0.1, -0.05) is 48.4 Å². The Kier molecular flexibility index (Phi) is 6.61. The molecule has 0 saturated carbocycles. The predicted molar refractivity (Wildman–Crippen MR) is 104 cm³/mol. The van der Waals surface area contributed by atoms with E-state index in [2.05, 4.69) is 63.3 Å². The average Bonchev–Trinajstić information content (AvgIpc) is 3.01. The summed E-state index contributed by atoms with van der Waals surface area (Å²) in [5, 5.41) is 10.7. The number of amides is 1. The van der Waals surface area contributed by atoms with Gasteiger partial charge in [-0.2, -0.15) is 0 Å². The zero-order chi connectivity index (χ0) is 19.2. The number of benzene rings is 1. The molecule has 6 heteroatoms. The molecule has 27 heavy (non-hydrogen) atoms. The Bertz CT molecular complexity index is 739. The third kappa shape index (κ3) is 5.89. The molecule has 0 unspecified atom stereocenters. The van der Waals surface area contributed by atoms with Crippen molar-refractivity contribution in [3.63, 3.8) is 0 Å². The van der Waals surface area contributed by atoms with E-state index in [0.717, 1.165) is 38.9 Å². The number of carbonyl (C=O) groups is 1. The standard InChI is InChI=1S/C21H30N4O2/c1-15(2)11-17-6-8-18(9-7-17)13-25-10-4-5-19(14-25)22-21(26)12-20-16(3)23-27-24-20/h6-9,15,19H,4-5,10-14H2,1-3H3,(H,22,26)/t19-/m0/s1. The summed E-state index contributed by atoms with van der Waals surface area (Å²) in [6, 6.07) is 9.15. The molecule has 1 atom stereocenters. The Hall–Kier alpha value is -2.21. The second kappa shape index (κ2) is 9.13. The van der Waals surface area contributed by atoms with Gasteiger partial charge in [0.1, 0.15) is 11.4 Å². The topological polar surface area (TPSA) is 71.3 Å². The van der Waals surface area contributed by atoms with Crippen LogP contribution in [0.3, 0.4) is 0 Å². The lowest BCUT2D eigenvalue weighted by atomic mass is 10.0. The van der Waals surface area contributed by atoms with Crippen LogP contribution in [0.1, 0.15) is 49.2 Å². The molecule has 6 nitrogen and oxygen atoms in total. The van der Waals surface area contributed by atoms with Gasteiger partial charge in [0.25, 0.3) is 0 Å². The van der Waals surface area contributed by atoms with Crippen LogP contribution in [0.2, 0.25) is 0 Å². The molecule has 0 radical (unpaired) electrons. The van der Waals surface area contributed by atoms with E-state index in [-0.39, 0.29) is 18.4 Å². The molecule has 3 rings (SSSR count). The van der Waals surface area contributed by atoms with Crippen molar-refractivity contribution < 1.29 is 9.42 Å². The minimum atomic E-state index is -0.0151. The largest absolute Gasteiger partial charge is 0.352 e. The van der Waals surface area contributed by atoms with E-state index in [1.54, 1.807) is 6.92 Å². The van der Waals surface area contributed by atoms with Crippen molar-refractivity contribution in [1.82, 2.24) is 20.5 Å². The molecule has 1 N–H and O–H groups in total. The lowest BCUT2D eigenvalue weighted by Crippen LogP contribution is -2.47. The lowest BCUT2D eigenvalue weighted by Gasteiger charge is -2.33. The van der Waals surface area contributed by atoms with Crippen molar-refractivity contribution in [3.05, 3.63) is 46.8 Å². The molecule has 0 aliphatic carbocycles. The number of carbonyl (C=O) groups excluding carboxylic acids is 1. The van der Waals surface area contributed by atoms with E-state index in [1.165, 1.54) is 11.1 Å². The quantitative estimate of drug-likeness (QED) is 0.811. The third-order valence-electron chi connectivity index (χ3n) is 5.02. The monoisotopic (exact) mass is 370 g/mol. The molecule has 0 spiro atoms. The van der Waals surface area contributed by atoms with Gasteiger partial charge in [-0.15, -0.1) is 0 Å². The van der Waals surface area contributed by atoms with Crippen LogP contribution in [0.25, 0.3) is 0 Å². The molecule has 2 heterocycles. The fraction of sp³-hybridized carbons (Fsp3) is 0.571. The number of hydrogen-bond donors (Lipinski definition) is 1. The summed E-state index contributed by atoms with van der Waals surface area (Å²) in [7, 11) is 0. The molecule has 1 aliphatic rings. The number of nitrogens with zero attached hydrogens (tertiary/aromatic N) is 3. The normalized spacial score (nSPS) is 18.0. The lowest BCUT2D eigenvalue weighted by molar-refractivity contribution is -0.121. The Morgan fingerprint density at radius 1 is 1.26 bits per heavy atom. The predicted octanol–water partition coefficient (Wildman–Crippen LogP) is 2.90. The van der Waals surface area contributed by atoms with Gasteiger partial charge >= 0.3 is 0 Å². The van der Waals surface area contributed by atoms with Crippen molar-refractivity contribution in [2.24, 2.45) is 5.92 Å². The maximum absolute atomic E-state index is 12.3. The van der Waals surface area contributed by atoms with E-state index in [1.807, 2.05) is 0 Å². The highest BCUT2D eigenvalue weighted by molar-refractivity contribution is 5.78. The van der Waals surface area contributed by atoms with E-state index < -0.39 is 0 Å². The molecule has 0 bridgehead atoms. The number of likely N-dealkylation sites (tertiary alicyclic amines) is 1. The summed E-state index contributed by atoms with van der Waals surface area (Å²) in [4.78, 5) is 14.7. The zero-order valence-corrected chi connectivity index (χ0v) is 16.6. The number of aryl methyl sites for hydroxylation is 1. The third-order valence-corrected chi connectivity index (χ3v) is 5.02. The van der Waals surface area contributed by atoms with Gasteiger partial charge in [0.15, 0.2) is 0 Å². The van der Waals surface area contributed by atoms with Crippen molar-refractivity contribution in [1.29, 1.82) is 0 Å². The van der Waals surface area contributed by atoms with Gasteiger partial charge in [-0.25, -0.2) is 4.63 Å². The Labute approximate surface area is 161 Å². The molecular formula is C21H30N4O2.